The van der Waals surface area contributed by atoms with Gasteiger partial charge in [0.1, 0.15) is 11.5 Å². The molecule has 0 radical (unpaired) electrons. The van der Waals surface area contributed by atoms with Gasteiger partial charge < -0.3 is 25.1 Å². The second kappa shape index (κ2) is 9.26. The fourth-order valence-corrected chi connectivity index (χ4v) is 4.25. The lowest BCUT2D eigenvalue weighted by Crippen LogP contribution is -2.24. The molecule has 0 aliphatic carbocycles. The summed E-state index contributed by atoms with van der Waals surface area (Å²) in [5.74, 6) is 1.54. The first-order valence-electron chi connectivity index (χ1n) is 11.7. The molecule has 0 atom stereocenters. The van der Waals surface area contributed by atoms with Crippen LogP contribution in [0.2, 0.25) is 0 Å². The lowest BCUT2D eigenvalue weighted by atomic mass is 10.0. The maximum Gasteiger partial charge on any atom is 0.318 e. The van der Waals surface area contributed by atoms with Crippen LogP contribution in [0, 0.1) is 5.92 Å². The lowest BCUT2D eigenvalue weighted by Gasteiger charge is -2.05. The van der Waals surface area contributed by atoms with Crippen molar-refractivity contribution in [2.24, 2.45) is 5.92 Å². The fraction of sp³-hybridized carbons (Fsp3) is 0.222. The van der Waals surface area contributed by atoms with Gasteiger partial charge in [-0.15, -0.1) is 0 Å². The van der Waals surface area contributed by atoms with Crippen molar-refractivity contribution < 1.29 is 19.1 Å². The number of nitrogens with one attached hydrogen (secondary N) is 3. The summed E-state index contributed by atoms with van der Waals surface area (Å²) in [7, 11) is 3.14. The van der Waals surface area contributed by atoms with Gasteiger partial charge in [0.05, 0.1) is 24.6 Å². The van der Waals surface area contributed by atoms with Crippen LogP contribution in [-0.2, 0) is 6.54 Å². The quantitative estimate of drug-likeness (QED) is 0.331. The van der Waals surface area contributed by atoms with Crippen LogP contribution in [0.3, 0.4) is 0 Å². The van der Waals surface area contributed by atoms with E-state index in [1.54, 1.807) is 31.4 Å². The van der Waals surface area contributed by atoms with E-state index >= 15 is 0 Å². The highest BCUT2D eigenvalue weighted by atomic mass is 16.5. The van der Waals surface area contributed by atoms with Gasteiger partial charge in [-0.05, 0) is 48.4 Å². The SMILES string of the molecule is CNC(=O)Nc1ccc2c(c1)C(=O)C(=Cc1c(-c3cnn(CC(C)C)c3)[nH]c3ccc(OC)cc13)O2. The van der Waals surface area contributed by atoms with Gasteiger partial charge in [-0.2, -0.15) is 5.10 Å². The van der Waals surface area contributed by atoms with Crippen molar-refractivity contribution in [1.82, 2.24) is 20.1 Å². The van der Waals surface area contributed by atoms with Gasteiger partial charge in [-0.3, -0.25) is 9.48 Å². The van der Waals surface area contributed by atoms with Gasteiger partial charge in [0.15, 0.2) is 5.76 Å². The first-order chi connectivity index (χ1) is 17.4. The van der Waals surface area contributed by atoms with Crippen LogP contribution in [0.4, 0.5) is 10.5 Å². The number of aromatic nitrogens is 3. The zero-order valence-corrected chi connectivity index (χ0v) is 20.5. The van der Waals surface area contributed by atoms with Crippen LogP contribution in [0.25, 0.3) is 28.2 Å². The molecule has 9 nitrogen and oxygen atoms in total. The molecule has 0 saturated heterocycles. The van der Waals surface area contributed by atoms with E-state index in [4.69, 9.17) is 9.47 Å². The zero-order chi connectivity index (χ0) is 25.4. The predicted octanol–water partition coefficient (Wildman–Crippen LogP) is 5.06. The van der Waals surface area contributed by atoms with Gasteiger partial charge in [-0.1, -0.05) is 13.8 Å². The van der Waals surface area contributed by atoms with Crippen molar-refractivity contribution in [3.05, 3.63) is 65.7 Å². The van der Waals surface area contributed by atoms with Crippen molar-refractivity contribution in [1.29, 1.82) is 0 Å². The highest BCUT2D eigenvalue weighted by Gasteiger charge is 2.29. The standard InChI is InChI=1S/C27H27N5O4/c1-15(2)13-32-14-16(12-29-32)25-20(19-10-18(35-4)6-7-22(19)31-25)11-24-26(33)21-9-17(30-27(34)28-3)5-8-23(21)36-24/h5-12,14-15,31H,13H2,1-4H3,(H2,28,30,34). The molecule has 0 fully saturated rings. The molecule has 2 aromatic heterocycles. The Labute approximate surface area is 208 Å². The number of hydrogen-bond acceptors (Lipinski definition) is 5. The third kappa shape index (κ3) is 4.31. The number of rotatable bonds is 6. The Hall–Kier alpha value is -4.53. The van der Waals surface area contributed by atoms with E-state index in [-0.39, 0.29) is 17.6 Å². The Morgan fingerprint density at radius 2 is 2.08 bits per heavy atom. The number of Topliss-reactive ketones (excluding diaryl/α,β-unsaturated/α-hetero) is 1. The highest BCUT2D eigenvalue weighted by molar-refractivity contribution is 6.16. The largest absolute Gasteiger partial charge is 0.497 e. The normalized spacial score (nSPS) is 13.8. The molecule has 184 valence electrons. The number of carbonyl (C=O) groups is 2. The van der Waals surface area contributed by atoms with Gasteiger partial charge in [0.25, 0.3) is 0 Å². The number of aromatic amines is 1. The van der Waals surface area contributed by atoms with Crippen molar-refractivity contribution in [2.45, 2.75) is 20.4 Å². The zero-order valence-electron chi connectivity index (χ0n) is 20.5. The van der Waals surface area contributed by atoms with E-state index in [1.165, 1.54) is 7.05 Å². The summed E-state index contributed by atoms with van der Waals surface area (Å²) in [4.78, 5) is 28.4. The summed E-state index contributed by atoms with van der Waals surface area (Å²) in [6.45, 7) is 5.08. The fourth-order valence-electron chi connectivity index (χ4n) is 4.25. The number of benzene rings is 2. The molecule has 0 bridgehead atoms. The second-order valence-corrected chi connectivity index (χ2v) is 9.02. The number of hydrogen-bond donors (Lipinski definition) is 3. The van der Waals surface area contributed by atoms with E-state index in [0.717, 1.165) is 34.3 Å². The average Bonchev–Trinajstić information content (AvgIpc) is 3.55. The van der Waals surface area contributed by atoms with Gasteiger partial charge in [0.2, 0.25) is 5.78 Å². The smallest absolute Gasteiger partial charge is 0.318 e. The molecular weight excluding hydrogens is 458 g/mol. The maximum absolute atomic E-state index is 13.3. The highest BCUT2D eigenvalue weighted by Crippen LogP contribution is 2.38. The first-order valence-corrected chi connectivity index (χ1v) is 11.7. The molecule has 0 spiro atoms. The van der Waals surface area contributed by atoms with Crippen LogP contribution in [0.1, 0.15) is 29.8 Å². The number of carbonyl (C=O) groups excluding carboxylic acids is 2. The van der Waals surface area contributed by atoms with E-state index in [2.05, 4.69) is 34.6 Å². The number of anilines is 1. The Balaban J connectivity index is 1.58. The minimum Gasteiger partial charge on any atom is -0.497 e. The number of nitrogens with zero attached hydrogens (tertiary/aromatic N) is 2. The van der Waals surface area contributed by atoms with Crippen molar-refractivity contribution in [3.63, 3.8) is 0 Å². The Bertz CT molecular complexity index is 1510. The average molecular weight is 486 g/mol. The molecule has 0 unspecified atom stereocenters. The molecule has 2 amide bonds. The number of amides is 2. The summed E-state index contributed by atoms with van der Waals surface area (Å²) in [6.07, 6.45) is 5.56. The number of H-pyrrole nitrogens is 1. The third-order valence-electron chi connectivity index (χ3n) is 5.95. The van der Waals surface area contributed by atoms with Crippen LogP contribution in [0.15, 0.2) is 54.6 Å². The summed E-state index contributed by atoms with van der Waals surface area (Å²) >= 11 is 0. The molecule has 1 aliphatic rings. The Morgan fingerprint density at radius 3 is 2.83 bits per heavy atom. The minimum atomic E-state index is -0.368. The Morgan fingerprint density at radius 1 is 1.25 bits per heavy atom. The number of urea groups is 1. The van der Waals surface area contributed by atoms with Gasteiger partial charge >= 0.3 is 6.03 Å². The molecule has 36 heavy (non-hydrogen) atoms. The molecule has 3 N–H and O–H groups in total. The number of methoxy groups -OCH3 is 1. The maximum atomic E-state index is 13.3. The first kappa shape index (κ1) is 23.2. The van der Waals surface area contributed by atoms with Crippen LogP contribution in [0.5, 0.6) is 11.5 Å². The number of ether oxygens (including phenoxy) is 2. The minimum absolute atomic E-state index is 0.196. The second-order valence-electron chi connectivity index (χ2n) is 9.02. The molecular formula is C27H27N5O4. The number of ketones is 1. The van der Waals surface area contributed by atoms with E-state index in [0.29, 0.717) is 28.7 Å². The molecule has 4 aromatic rings. The van der Waals surface area contributed by atoms with Gasteiger partial charge in [0, 0.05) is 47.5 Å². The van der Waals surface area contributed by atoms with Crippen LogP contribution >= 0.6 is 0 Å². The van der Waals surface area contributed by atoms with E-state index in [1.807, 2.05) is 35.3 Å². The van der Waals surface area contributed by atoms with Crippen molar-refractivity contribution in [3.8, 4) is 22.8 Å². The van der Waals surface area contributed by atoms with Gasteiger partial charge in [-0.25, -0.2) is 4.79 Å². The van der Waals surface area contributed by atoms with E-state index < -0.39 is 0 Å². The summed E-state index contributed by atoms with van der Waals surface area (Å²) in [5.41, 5.74) is 4.31. The molecule has 2 aromatic carbocycles. The molecule has 5 rings (SSSR count). The summed E-state index contributed by atoms with van der Waals surface area (Å²) in [6, 6.07) is 10.4. The summed E-state index contributed by atoms with van der Waals surface area (Å²) in [5, 5.41) is 10.6. The van der Waals surface area contributed by atoms with Crippen LogP contribution < -0.4 is 20.1 Å². The Kier molecular flexibility index (Phi) is 5.97. The lowest BCUT2D eigenvalue weighted by molar-refractivity contribution is 0.101. The molecule has 0 saturated carbocycles. The van der Waals surface area contributed by atoms with Crippen molar-refractivity contribution >= 4 is 34.5 Å². The van der Waals surface area contributed by atoms with Crippen LogP contribution in [-0.4, -0.2) is 40.7 Å². The summed E-state index contributed by atoms with van der Waals surface area (Å²) < 4.78 is 13.3. The number of fused-ring (bicyclic) bond motifs is 2. The topological polar surface area (TPSA) is 110 Å². The third-order valence-corrected chi connectivity index (χ3v) is 5.95. The monoisotopic (exact) mass is 485 g/mol. The number of allylic oxidation sites excluding steroid dienone is 1. The predicted molar refractivity (Wildman–Crippen MR) is 138 cm³/mol. The van der Waals surface area contributed by atoms with Crippen molar-refractivity contribution in [2.75, 3.05) is 19.5 Å². The van der Waals surface area contributed by atoms with E-state index in [9.17, 15) is 9.59 Å². The molecule has 9 heteroatoms. The molecule has 3 heterocycles. The molecule has 1 aliphatic heterocycles.